The van der Waals surface area contributed by atoms with Crippen LogP contribution in [0.15, 0.2) is 42.5 Å². The van der Waals surface area contributed by atoms with Crippen molar-refractivity contribution < 1.29 is 28.6 Å². The first-order valence-corrected chi connectivity index (χ1v) is 8.77. The molecule has 1 heterocycles. The van der Waals surface area contributed by atoms with E-state index in [2.05, 4.69) is 0 Å². The molecule has 0 unspecified atom stereocenters. The van der Waals surface area contributed by atoms with Crippen molar-refractivity contribution in [3.8, 4) is 11.5 Å². The largest absolute Gasteiger partial charge is 0.497 e. The molecule has 2 aromatic carbocycles. The molecule has 1 aliphatic heterocycles. The quantitative estimate of drug-likeness (QED) is 0.561. The molecule has 0 saturated carbocycles. The smallest absolute Gasteiger partial charge is 0.328 e. The van der Waals surface area contributed by atoms with Gasteiger partial charge in [-0.2, -0.15) is 0 Å². The van der Waals surface area contributed by atoms with Crippen molar-refractivity contribution in [2.45, 2.75) is 19.0 Å². The molecule has 0 spiro atoms. The van der Waals surface area contributed by atoms with E-state index in [9.17, 15) is 14.4 Å². The van der Waals surface area contributed by atoms with Crippen LogP contribution in [0.25, 0.3) is 0 Å². The second-order valence-corrected chi connectivity index (χ2v) is 6.34. The van der Waals surface area contributed by atoms with Crippen molar-refractivity contribution in [3.05, 3.63) is 59.2 Å². The zero-order valence-corrected chi connectivity index (χ0v) is 15.7. The molecular formula is C21H21NO6. The Hall–Kier alpha value is -3.35. The number of hydrogen-bond acceptors (Lipinski definition) is 6. The summed E-state index contributed by atoms with van der Waals surface area (Å²) in [6.45, 7) is -0.00981. The van der Waals surface area contributed by atoms with Crippen LogP contribution in [0.4, 0.5) is 0 Å². The number of fused-ring (bicyclic) bond motifs is 1. The summed E-state index contributed by atoms with van der Waals surface area (Å²) in [4.78, 5) is 37.8. The third-order valence-corrected chi connectivity index (χ3v) is 4.74. The van der Waals surface area contributed by atoms with E-state index in [0.717, 1.165) is 11.1 Å². The number of carbonyl (C=O) groups is 3. The van der Waals surface area contributed by atoms with E-state index in [4.69, 9.17) is 14.2 Å². The zero-order valence-electron chi connectivity index (χ0n) is 15.7. The Bertz CT molecular complexity index is 894. The lowest BCUT2D eigenvalue weighted by Crippen LogP contribution is -2.50. The van der Waals surface area contributed by atoms with Gasteiger partial charge < -0.3 is 19.1 Å². The van der Waals surface area contributed by atoms with Crippen LogP contribution in [-0.4, -0.2) is 49.9 Å². The van der Waals surface area contributed by atoms with Crippen LogP contribution < -0.4 is 9.47 Å². The van der Waals surface area contributed by atoms with Gasteiger partial charge in [0, 0.05) is 13.0 Å². The van der Waals surface area contributed by atoms with Crippen LogP contribution in [-0.2, 0) is 27.3 Å². The molecule has 0 aliphatic carbocycles. The van der Waals surface area contributed by atoms with Crippen LogP contribution in [0.3, 0.4) is 0 Å². The van der Waals surface area contributed by atoms with Gasteiger partial charge in [0.2, 0.25) is 0 Å². The Morgan fingerprint density at radius 3 is 2.57 bits per heavy atom. The fourth-order valence-electron chi connectivity index (χ4n) is 3.23. The standard InChI is InChI=1S/C21H21NO6/c1-26-17-7-8-19(16(9-17)12-23)28-13-20(24)22-11-15-6-4-3-5-14(15)10-18(22)21(25)27-2/h3-9,12,18H,10-11,13H2,1-2H3/t18-/m0/s1. The lowest BCUT2D eigenvalue weighted by Gasteiger charge is -2.35. The number of hydrogen-bond donors (Lipinski definition) is 0. The van der Waals surface area contributed by atoms with Gasteiger partial charge >= 0.3 is 5.97 Å². The topological polar surface area (TPSA) is 82.1 Å². The van der Waals surface area contributed by atoms with Crippen LogP contribution >= 0.6 is 0 Å². The first-order valence-electron chi connectivity index (χ1n) is 8.77. The second-order valence-electron chi connectivity index (χ2n) is 6.34. The Balaban J connectivity index is 1.77. The van der Waals surface area contributed by atoms with Gasteiger partial charge in [0.25, 0.3) is 5.91 Å². The Morgan fingerprint density at radius 1 is 1.14 bits per heavy atom. The maximum absolute atomic E-state index is 12.8. The van der Waals surface area contributed by atoms with E-state index in [1.54, 1.807) is 12.1 Å². The summed E-state index contributed by atoms with van der Waals surface area (Å²) >= 11 is 0. The lowest BCUT2D eigenvalue weighted by molar-refractivity contribution is -0.154. The molecule has 0 saturated heterocycles. The number of methoxy groups -OCH3 is 2. The monoisotopic (exact) mass is 383 g/mol. The van der Waals surface area contributed by atoms with Crippen LogP contribution in [0, 0.1) is 0 Å². The van der Waals surface area contributed by atoms with Crippen molar-refractivity contribution in [2.75, 3.05) is 20.8 Å². The predicted molar refractivity (Wildman–Crippen MR) is 100 cm³/mol. The highest BCUT2D eigenvalue weighted by Gasteiger charge is 2.35. The van der Waals surface area contributed by atoms with Gasteiger partial charge in [-0.1, -0.05) is 24.3 Å². The van der Waals surface area contributed by atoms with E-state index in [-0.39, 0.29) is 23.8 Å². The number of benzene rings is 2. The summed E-state index contributed by atoms with van der Waals surface area (Å²) in [6, 6.07) is 11.7. The van der Waals surface area contributed by atoms with Gasteiger partial charge in [0.05, 0.1) is 19.8 Å². The number of esters is 1. The SMILES string of the molecule is COC(=O)[C@@H]1Cc2ccccc2CN1C(=O)COc1ccc(OC)cc1C=O. The molecule has 0 N–H and O–H groups in total. The molecular weight excluding hydrogens is 362 g/mol. The number of nitrogens with zero attached hydrogens (tertiary/aromatic N) is 1. The molecule has 0 fully saturated rings. The minimum Gasteiger partial charge on any atom is -0.497 e. The summed E-state index contributed by atoms with van der Waals surface area (Å²) in [6.07, 6.45) is 1.02. The molecule has 1 aliphatic rings. The molecule has 2 aromatic rings. The van der Waals surface area contributed by atoms with Crippen molar-refractivity contribution in [2.24, 2.45) is 0 Å². The van der Waals surface area contributed by atoms with Crippen LogP contribution in [0.2, 0.25) is 0 Å². The van der Waals surface area contributed by atoms with Gasteiger partial charge in [-0.05, 0) is 29.3 Å². The molecule has 0 aromatic heterocycles. The second kappa shape index (κ2) is 8.56. The first-order chi connectivity index (χ1) is 13.6. The molecule has 1 amide bonds. The molecule has 1 atom stereocenters. The van der Waals surface area contributed by atoms with E-state index in [1.165, 1.54) is 25.2 Å². The summed E-state index contributed by atoms with van der Waals surface area (Å²) in [7, 11) is 2.80. The van der Waals surface area contributed by atoms with E-state index in [1.807, 2.05) is 24.3 Å². The lowest BCUT2D eigenvalue weighted by atomic mass is 9.94. The maximum atomic E-state index is 12.8. The summed E-state index contributed by atoms with van der Waals surface area (Å²) in [5, 5.41) is 0. The fraction of sp³-hybridized carbons (Fsp3) is 0.286. The van der Waals surface area contributed by atoms with Gasteiger partial charge in [-0.3, -0.25) is 9.59 Å². The van der Waals surface area contributed by atoms with Crippen molar-refractivity contribution in [3.63, 3.8) is 0 Å². The van der Waals surface area contributed by atoms with Gasteiger partial charge in [-0.15, -0.1) is 0 Å². The Morgan fingerprint density at radius 2 is 1.89 bits per heavy atom. The number of amides is 1. The number of carbonyl (C=O) groups excluding carboxylic acids is 3. The molecule has 3 rings (SSSR count). The van der Waals surface area contributed by atoms with Crippen molar-refractivity contribution in [1.82, 2.24) is 4.90 Å². The third kappa shape index (κ3) is 3.98. The third-order valence-electron chi connectivity index (χ3n) is 4.74. The highest BCUT2D eigenvalue weighted by atomic mass is 16.5. The van der Waals surface area contributed by atoms with Crippen molar-refractivity contribution >= 4 is 18.2 Å². The summed E-state index contributed by atoms with van der Waals surface area (Å²) in [5.74, 6) is -0.0474. The van der Waals surface area contributed by atoms with Gasteiger partial charge in [0.1, 0.15) is 17.5 Å². The van der Waals surface area contributed by atoms with E-state index >= 15 is 0 Å². The highest BCUT2D eigenvalue weighted by Crippen LogP contribution is 2.26. The number of aldehydes is 1. The minimum atomic E-state index is -0.711. The average Bonchev–Trinajstić information content (AvgIpc) is 2.75. The van der Waals surface area contributed by atoms with E-state index in [0.29, 0.717) is 25.0 Å². The van der Waals surface area contributed by atoms with Crippen LogP contribution in [0.1, 0.15) is 21.5 Å². The number of ether oxygens (including phenoxy) is 3. The maximum Gasteiger partial charge on any atom is 0.328 e. The molecule has 146 valence electrons. The normalized spacial score (nSPS) is 15.4. The minimum absolute atomic E-state index is 0.274. The summed E-state index contributed by atoms with van der Waals surface area (Å²) < 4.78 is 15.5. The Kier molecular flexibility index (Phi) is 5.93. The van der Waals surface area contributed by atoms with E-state index < -0.39 is 12.0 Å². The van der Waals surface area contributed by atoms with Gasteiger partial charge in [0.15, 0.2) is 12.9 Å². The molecule has 0 bridgehead atoms. The molecule has 7 nitrogen and oxygen atoms in total. The molecule has 28 heavy (non-hydrogen) atoms. The first kappa shape index (κ1) is 19.4. The molecule has 0 radical (unpaired) electrons. The van der Waals surface area contributed by atoms with Gasteiger partial charge in [-0.25, -0.2) is 4.79 Å². The van der Waals surface area contributed by atoms with Crippen LogP contribution in [0.5, 0.6) is 11.5 Å². The van der Waals surface area contributed by atoms with Crippen molar-refractivity contribution in [1.29, 1.82) is 0 Å². The molecule has 7 heteroatoms. The predicted octanol–water partition coefficient (Wildman–Crippen LogP) is 2.01. The number of rotatable bonds is 6. The highest BCUT2D eigenvalue weighted by molar-refractivity contribution is 5.86. The average molecular weight is 383 g/mol. The fourth-order valence-corrected chi connectivity index (χ4v) is 3.23. The zero-order chi connectivity index (χ0) is 20.1. The summed E-state index contributed by atoms with van der Waals surface area (Å²) in [5.41, 5.74) is 2.27. The Labute approximate surface area is 162 Å².